The first kappa shape index (κ1) is 20.6. The van der Waals surface area contributed by atoms with Crippen molar-refractivity contribution in [2.75, 3.05) is 13.6 Å². The van der Waals surface area contributed by atoms with Gasteiger partial charge in [0.1, 0.15) is 12.1 Å². The Morgan fingerprint density at radius 2 is 1.85 bits per heavy atom. The van der Waals surface area contributed by atoms with Gasteiger partial charge in [-0.3, -0.25) is 4.79 Å². The first-order valence-corrected chi connectivity index (χ1v) is 8.79. The molecule has 0 aliphatic heterocycles. The molecule has 0 fully saturated rings. The van der Waals surface area contributed by atoms with E-state index in [0.29, 0.717) is 6.54 Å². The standard InChI is InChI=1S/C19H23ClN4O3/c1-19(2,3)27-18(26)23-11-16(25)24(4)12-13-6-5-7-14(8-13)15-9-21-17(20)22-10-15/h5-10H,11-12H2,1-4H3,(H,23,26). The molecule has 0 radical (unpaired) electrons. The summed E-state index contributed by atoms with van der Waals surface area (Å²) < 4.78 is 5.12. The van der Waals surface area contributed by atoms with Gasteiger partial charge in [-0.05, 0) is 49.6 Å². The number of halogens is 1. The topological polar surface area (TPSA) is 84.4 Å². The van der Waals surface area contributed by atoms with E-state index in [4.69, 9.17) is 16.3 Å². The van der Waals surface area contributed by atoms with Crippen LogP contribution in [0.2, 0.25) is 5.28 Å². The van der Waals surface area contributed by atoms with Crippen molar-refractivity contribution in [1.29, 1.82) is 0 Å². The molecule has 1 heterocycles. The average Bonchev–Trinajstić information content (AvgIpc) is 2.59. The van der Waals surface area contributed by atoms with E-state index in [2.05, 4.69) is 15.3 Å². The normalized spacial score (nSPS) is 11.0. The number of benzene rings is 1. The zero-order chi connectivity index (χ0) is 20.0. The number of likely N-dealkylation sites (N-methyl/N-ethyl adjacent to an activating group) is 1. The van der Waals surface area contributed by atoms with E-state index in [1.807, 2.05) is 24.3 Å². The van der Waals surface area contributed by atoms with Crippen LogP contribution in [0.1, 0.15) is 26.3 Å². The summed E-state index contributed by atoms with van der Waals surface area (Å²) >= 11 is 5.72. The summed E-state index contributed by atoms with van der Waals surface area (Å²) in [5.74, 6) is -0.221. The fourth-order valence-corrected chi connectivity index (χ4v) is 2.37. The van der Waals surface area contributed by atoms with E-state index in [-0.39, 0.29) is 17.7 Å². The van der Waals surface area contributed by atoms with Gasteiger partial charge in [0.25, 0.3) is 0 Å². The molecule has 2 amide bonds. The second kappa shape index (κ2) is 8.81. The SMILES string of the molecule is CN(Cc1cccc(-c2cnc(Cl)nc2)c1)C(=O)CNC(=O)OC(C)(C)C. The zero-order valence-corrected chi connectivity index (χ0v) is 16.6. The zero-order valence-electron chi connectivity index (χ0n) is 15.8. The number of amides is 2. The molecule has 144 valence electrons. The van der Waals surface area contributed by atoms with Gasteiger partial charge in [-0.25, -0.2) is 14.8 Å². The number of hydrogen-bond acceptors (Lipinski definition) is 5. The Morgan fingerprint density at radius 1 is 1.19 bits per heavy atom. The lowest BCUT2D eigenvalue weighted by atomic mass is 10.1. The fraction of sp³-hybridized carbons (Fsp3) is 0.368. The van der Waals surface area contributed by atoms with E-state index in [0.717, 1.165) is 16.7 Å². The molecule has 2 aromatic rings. The summed E-state index contributed by atoms with van der Waals surface area (Å²) in [6.45, 7) is 5.56. The van der Waals surface area contributed by atoms with E-state index in [1.54, 1.807) is 40.2 Å². The van der Waals surface area contributed by atoms with Crippen LogP contribution in [0.3, 0.4) is 0 Å². The maximum atomic E-state index is 12.2. The van der Waals surface area contributed by atoms with Crippen molar-refractivity contribution in [3.63, 3.8) is 0 Å². The number of rotatable bonds is 5. The highest BCUT2D eigenvalue weighted by Gasteiger charge is 2.17. The maximum Gasteiger partial charge on any atom is 0.408 e. The lowest BCUT2D eigenvalue weighted by Gasteiger charge is -2.21. The Labute approximate surface area is 163 Å². The first-order chi connectivity index (χ1) is 12.6. The fourth-order valence-electron chi connectivity index (χ4n) is 2.27. The van der Waals surface area contributed by atoms with Gasteiger partial charge < -0.3 is 15.0 Å². The maximum absolute atomic E-state index is 12.2. The van der Waals surface area contributed by atoms with Crippen LogP contribution in [-0.2, 0) is 16.1 Å². The summed E-state index contributed by atoms with van der Waals surface area (Å²) in [4.78, 5) is 33.4. The van der Waals surface area contributed by atoms with Crippen LogP contribution in [0.25, 0.3) is 11.1 Å². The van der Waals surface area contributed by atoms with Gasteiger partial charge in [0, 0.05) is 31.5 Å². The van der Waals surface area contributed by atoms with E-state index < -0.39 is 11.7 Å². The second-order valence-corrected chi connectivity index (χ2v) is 7.38. The van der Waals surface area contributed by atoms with Gasteiger partial charge in [-0.15, -0.1) is 0 Å². The van der Waals surface area contributed by atoms with Crippen LogP contribution in [0, 0.1) is 0 Å². The molecule has 0 saturated carbocycles. The smallest absolute Gasteiger partial charge is 0.408 e. The summed E-state index contributed by atoms with van der Waals surface area (Å²) in [6.07, 6.45) is 2.68. The molecule has 27 heavy (non-hydrogen) atoms. The highest BCUT2D eigenvalue weighted by atomic mass is 35.5. The average molecular weight is 391 g/mol. The Kier molecular flexibility index (Phi) is 6.74. The lowest BCUT2D eigenvalue weighted by Crippen LogP contribution is -2.40. The van der Waals surface area contributed by atoms with Gasteiger partial charge in [-0.2, -0.15) is 0 Å². The Hall–Kier alpha value is -2.67. The molecule has 1 aromatic heterocycles. The van der Waals surface area contributed by atoms with Crippen LogP contribution in [0.4, 0.5) is 4.79 Å². The number of hydrogen-bond donors (Lipinski definition) is 1. The third-order valence-corrected chi connectivity index (χ3v) is 3.70. The number of alkyl carbamates (subject to hydrolysis) is 1. The molecule has 8 heteroatoms. The number of nitrogens with zero attached hydrogens (tertiary/aromatic N) is 3. The Morgan fingerprint density at radius 3 is 2.48 bits per heavy atom. The Balaban J connectivity index is 1.94. The molecule has 1 aromatic carbocycles. The number of aromatic nitrogens is 2. The van der Waals surface area contributed by atoms with Crippen molar-refractivity contribution < 1.29 is 14.3 Å². The predicted octanol–water partition coefficient (Wildman–Crippen LogP) is 3.28. The molecule has 0 aliphatic carbocycles. The van der Waals surface area contributed by atoms with Gasteiger partial charge >= 0.3 is 6.09 Å². The van der Waals surface area contributed by atoms with Gasteiger partial charge in [0.2, 0.25) is 11.2 Å². The summed E-state index contributed by atoms with van der Waals surface area (Å²) in [7, 11) is 1.68. The molecule has 0 aliphatic rings. The number of carbonyl (C=O) groups excluding carboxylic acids is 2. The summed E-state index contributed by atoms with van der Waals surface area (Å²) in [5, 5.41) is 2.66. The second-order valence-electron chi connectivity index (χ2n) is 7.05. The number of ether oxygens (including phenoxy) is 1. The van der Waals surface area contributed by atoms with Gasteiger partial charge in [-0.1, -0.05) is 18.2 Å². The molecule has 0 unspecified atom stereocenters. The molecule has 0 spiro atoms. The predicted molar refractivity (Wildman–Crippen MR) is 103 cm³/mol. The van der Waals surface area contributed by atoms with Gasteiger partial charge in [0.15, 0.2) is 0 Å². The third kappa shape index (κ3) is 6.86. The van der Waals surface area contributed by atoms with E-state index in [1.165, 1.54) is 4.90 Å². The molecule has 0 atom stereocenters. The molecular formula is C19H23ClN4O3. The summed E-state index contributed by atoms with van der Waals surface area (Å²) in [6, 6.07) is 7.71. The van der Waals surface area contributed by atoms with Crippen molar-refractivity contribution in [2.24, 2.45) is 0 Å². The molecule has 0 saturated heterocycles. The van der Waals surface area contributed by atoms with E-state index in [9.17, 15) is 9.59 Å². The van der Waals surface area contributed by atoms with E-state index >= 15 is 0 Å². The van der Waals surface area contributed by atoms with Crippen molar-refractivity contribution in [3.05, 3.63) is 47.5 Å². The number of nitrogens with one attached hydrogen (secondary N) is 1. The summed E-state index contributed by atoms with van der Waals surface area (Å²) in [5.41, 5.74) is 2.10. The molecule has 7 nitrogen and oxygen atoms in total. The Bertz CT molecular complexity index is 803. The minimum atomic E-state index is -0.617. The minimum Gasteiger partial charge on any atom is -0.444 e. The van der Waals surface area contributed by atoms with Gasteiger partial charge in [0.05, 0.1) is 0 Å². The van der Waals surface area contributed by atoms with Crippen LogP contribution >= 0.6 is 11.6 Å². The number of carbonyl (C=O) groups is 2. The highest BCUT2D eigenvalue weighted by molar-refractivity contribution is 6.28. The molecular weight excluding hydrogens is 368 g/mol. The van der Waals surface area contributed by atoms with Crippen LogP contribution < -0.4 is 5.32 Å². The largest absolute Gasteiger partial charge is 0.444 e. The quantitative estimate of drug-likeness (QED) is 0.792. The van der Waals surface area contributed by atoms with Crippen LogP contribution in [0.15, 0.2) is 36.7 Å². The van der Waals surface area contributed by atoms with Crippen molar-refractivity contribution in [2.45, 2.75) is 32.9 Å². The first-order valence-electron chi connectivity index (χ1n) is 8.42. The lowest BCUT2D eigenvalue weighted by molar-refractivity contribution is -0.129. The third-order valence-electron chi connectivity index (χ3n) is 3.51. The monoisotopic (exact) mass is 390 g/mol. The van der Waals surface area contributed by atoms with Crippen molar-refractivity contribution in [1.82, 2.24) is 20.2 Å². The van der Waals surface area contributed by atoms with Crippen molar-refractivity contribution in [3.8, 4) is 11.1 Å². The van der Waals surface area contributed by atoms with Crippen LogP contribution in [-0.4, -0.2) is 46.1 Å². The minimum absolute atomic E-state index is 0.129. The van der Waals surface area contributed by atoms with Crippen LogP contribution in [0.5, 0.6) is 0 Å². The molecule has 2 rings (SSSR count). The highest BCUT2D eigenvalue weighted by Crippen LogP contribution is 2.20. The van der Waals surface area contributed by atoms with Crippen molar-refractivity contribution >= 4 is 23.6 Å². The molecule has 1 N–H and O–H groups in total. The molecule has 0 bridgehead atoms.